The van der Waals surface area contributed by atoms with Crippen molar-refractivity contribution in [2.45, 2.75) is 58.0 Å². The summed E-state index contributed by atoms with van der Waals surface area (Å²) in [5, 5.41) is 3.28. The summed E-state index contributed by atoms with van der Waals surface area (Å²) in [6, 6.07) is 8.68. The highest BCUT2D eigenvalue weighted by Crippen LogP contribution is 2.25. The number of nitrogens with one attached hydrogen (secondary N) is 1. The molecule has 0 radical (unpaired) electrons. The number of hydrogen-bond acceptors (Lipinski definition) is 2. The molecule has 0 amide bonds. The van der Waals surface area contributed by atoms with Crippen LogP contribution in [0.4, 0.5) is 0 Å². The number of aliphatic imine (C=N–C) groups is 1. The molecule has 1 aromatic carbocycles. The lowest BCUT2D eigenvalue weighted by Crippen LogP contribution is -2.37. The molecule has 24 heavy (non-hydrogen) atoms. The molecule has 4 nitrogen and oxygen atoms in total. The molecule has 3 N–H and O–H groups in total. The van der Waals surface area contributed by atoms with E-state index in [0.29, 0.717) is 12.5 Å². The Hall–Kier alpha value is -1.55. The van der Waals surface area contributed by atoms with E-state index in [1.807, 2.05) is 0 Å². The normalized spacial score (nSPS) is 20.4. The molecule has 0 spiro atoms. The van der Waals surface area contributed by atoms with Crippen molar-refractivity contribution in [3.05, 3.63) is 35.4 Å². The molecular weight excluding hydrogens is 296 g/mol. The molecule has 1 saturated carbocycles. The molecule has 0 atom stereocenters. The van der Waals surface area contributed by atoms with Gasteiger partial charge in [-0.15, -0.1) is 0 Å². The van der Waals surface area contributed by atoms with Gasteiger partial charge in [0.2, 0.25) is 0 Å². The first-order valence-electron chi connectivity index (χ1n) is 9.64. The van der Waals surface area contributed by atoms with Crippen molar-refractivity contribution in [2.75, 3.05) is 19.6 Å². The number of nitrogens with zero attached hydrogens (tertiary/aromatic N) is 2. The Balaban J connectivity index is 1.54. The van der Waals surface area contributed by atoms with E-state index >= 15 is 0 Å². The number of rotatable bonds is 6. The van der Waals surface area contributed by atoms with Gasteiger partial charge in [-0.05, 0) is 55.8 Å². The van der Waals surface area contributed by atoms with Crippen molar-refractivity contribution < 1.29 is 0 Å². The molecule has 2 aliphatic rings. The highest BCUT2D eigenvalue weighted by molar-refractivity contribution is 5.77. The van der Waals surface area contributed by atoms with Crippen LogP contribution in [0.25, 0.3) is 0 Å². The van der Waals surface area contributed by atoms with Crippen LogP contribution < -0.4 is 11.1 Å². The molecule has 3 rings (SSSR count). The average molecular weight is 329 g/mol. The molecule has 0 unspecified atom stereocenters. The van der Waals surface area contributed by atoms with Crippen molar-refractivity contribution in [3.63, 3.8) is 0 Å². The number of likely N-dealkylation sites (tertiary alicyclic amines) is 1. The van der Waals surface area contributed by atoms with Gasteiger partial charge >= 0.3 is 0 Å². The van der Waals surface area contributed by atoms with Crippen molar-refractivity contribution in [2.24, 2.45) is 16.6 Å². The number of guanidine groups is 1. The van der Waals surface area contributed by atoms with Gasteiger partial charge in [-0.3, -0.25) is 4.90 Å². The third kappa shape index (κ3) is 5.23. The molecule has 1 heterocycles. The molecular formula is C20H32N4. The minimum Gasteiger partial charge on any atom is -0.370 e. The molecule has 4 heteroatoms. The smallest absolute Gasteiger partial charge is 0.188 e. The number of benzene rings is 1. The van der Waals surface area contributed by atoms with Gasteiger partial charge in [0.25, 0.3) is 0 Å². The Kier molecular flexibility index (Phi) is 6.53. The summed E-state index contributed by atoms with van der Waals surface area (Å²) in [6.07, 6.45) is 9.46. The Labute approximate surface area is 146 Å². The molecule has 1 saturated heterocycles. The van der Waals surface area contributed by atoms with E-state index in [0.717, 1.165) is 19.0 Å². The van der Waals surface area contributed by atoms with Crippen LogP contribution in [-0.2, 0) is 13.1 Å². The van der Waals surface area contributed by atoms with E-state index < -0.39 is 0 Å². The summed E-state index contributed by atoms with van der Waals surface area (Å²) >= 11 is 0. The first kappa shape index (κ1) is 17.3. The van der Waals surface area contributed by atoms with E-state index in [-0.39, 0.29) is 0 Å². The van der Waals surface area contributed by atoms with Crippen LogP contribution in [0.2, 0.25) is 0 Å². The topological polar surface area (TPSA) is 53.6 Å². The van der Waals surface area contributed by atoms with Crippen molar-refractivity contribution in [1.82, 2.24) is 10.2 Å². The standard InChI is InChI=1S/C20H32N4/c21-20(22-14-17-8-7-9-17)23-15-18-10-3-4-11-19(18)16-24-12-5-1-2-6-13-24/h3-4,10-11,17H,1-2,5-9,12-16H2,(H3,21,22,23). The second-order valence-electron chi connectivity index (χ2n) is 7.34. The SMILES string of the molecule is NC(=NCc1ccccc1CN1CCCCCC1)NCC1CCC1. The van der Waals surface area contributed by atoms with Gasteiger partial charge in [-0.25, -0.2) is 4.99 Å². The summed E-state index contributed by atoms with van der Waals surface area (Å²) in [7, 11) is 0. The maximum Gasteiger partial charge on any atom is 0.188 e. The lowest BCUT2D eigenvalue weighted by Gasteiger charge is -2.25. The van der Waals surface area contributed by atoms with Gasteiger partial charge in [0.05, 0.1) is 6.54 Å². The van der Waals surface area contributed by atoms with Gasteiger partial charge in [-0.1, -0.05) is 43.5 Å². The average Bonchev–Trinajstić information content (AvgIpc) is 2.81. The maximum absolute atomic E-state index is 6.03. The largest absolute Gasteiger partial charge is 0.370 e. The zero-order valence-electron chi connectivity index (χ0n) is 14.8. The molecule has 1 aromatic rings. The Morgan fingerprint density at radius 2 is 1.75 bits per heavy atom. The minimum absolute atomic E-state index is 0.589. The number of nitrogens with two attached hydrogens (primary N) is 1. The second-order valence-corrected chi connectivity index (χ2v) is 7.34. The summed E-state index contributed by atoms with van der Waals surface area (Å²) in [4.78, 5) is 7.15. The summed E-state index contributed by atoms with van der Waals surface area (Å²) < 4.78 is 0. The molecule has 0 aromatic heterocycles. The summed E-state index contributed by atoms with van der Waals surface area (Å²) in [5.74, 6) is 1.39. The monoisotopic (exact) mass is 328 g/mol. The zero-order chi connectivity index (χ0) is 16.6. The molecule has 2 fully saturated rings. The van der Waals surface area contributed by atoms with Crippen LogP contribution in [0.3, 0.4) is 0 Å². The molecule has 132 valence electrons. The third-order valence-electron chi connectivity index (χ3n) is 5.43. The predicted octanol–water partition coefficient (Wildman–Crippen LogP) is 3.27. The summed E-state index contributed by atoms with van der Waals surface area (Å²) in [6.45, 7) is 5.14. The third-order valence-corrected chi connectivity index (χ3v) is 5.43. The lowest BCUT2D eigenvalue weighted by atomic mass is 9.85. The van der Waals surface area contributed by atoms with Gasteiger partial charge in [0.1, 0.15) is 0 Å². The maximum atomic E-state index is 6.03. The van der Waals surface area contributed by atoms with Crippen LogP contribution in [0.15, 0.2) is 29.3 Å². The van der Waals surface area contributed by atoms with E-state index in [1.54, 1.807) is 0 Å². The fraction of sp³-hybridized carbons (Fsp3) is 0.650. The van der Waals surface area contributed by atoms with Crippen LogP contribution in [-0.4, -0.2) is 30.5 Å². The van der Waals surface area contributed by atoms with Crippen molar-refractivity contribution in [1.29, 1.82) is 0 Å². The van der Waals surface area contributed by atoms with Crippen molar-refractivity contribution >= 4 is 5.96 Å². The Bertz CT molecular complexity index is 528. The van der Waals surface area contributed by atoms with Gasteiger partial charge in [0, 0.05) is 13.1 Å². The van der Waals surface area contributed by atoms with Crippen LogP contribution in [0.5, 0.6) is 0 Å². The van der Waals surface area contributed by atoms with Crippen molar-refractivity contribution in [3.8, 4) is 0 Å². The highest BCUT2D eigenvalue weighted by atomic mass is 15.1. The fourth-order valence-corrected chi connectivity index (χ4v) is 3.57. The predicted molar refractivity (Wildman–Crippen MR) is 101 cm³/mol. The van der Waals surface area contributed by atoms with Gasteiger partial charge < -0.3 is 11.1 Å². The van der Waals surface area contributed by atoms with Crippen LogP contribution in [0.1, 0.15) is 56.1 Å². The van der Waals surface area contributed by atoms with Gasteiger partial charge in [-0.2, -0.15) is 0 Å². The second kappa shape index (κ2) is 9.07. The lowest BCUT2D eigenvalue weighted by molar-refractivity contribution is 0.276. The quantitative estimate of drug-likeness (QED) is 0.622. The zero-order valence-corrected chi connectivity index (χ0v) is 14.8. The minimum atomic E-state index is 0.589. The first-order chi connectivity index (χ1) is 11.8. The molecule has 0 bridgehead atoms. The Morgan fingerprint density at radius 3 is 2.42 bits per heavy atom. The van der Waals surface area contributed by atoms with E-state index in [2.05, 4.69) is 39.5 Å². The highest BCUT2D eigenvalue weighted by Gasteiger charge is 2.17. The van der Waals surface area contributed by atoms with E-state index in [4.69, 9.17) is 5.73 Å². The molecule has 1 aliphatic carbocycles. The first-order valence-corrected chi connectivity index (χ1v) is 9.64. The van der Waals surface area contributed by atoms with Crippen LogP contribution in [0, 0.1) is 5.92 Å². The van der Waals surface area contributed by atoms with E-state index in [1.165, 1.54) is 69.2 Å². The Morgan fingerprint density at radius 1 is 1.04 bits per heavy atom. The molecule has 1 aliphatic heterocycles. The summed E-state index contributed by atoms with van der Waals surface area (Å²) in [5.41, 5.74) is 8.73. The van der Waals surface area contributed by atoms with E-state index in [9.17, 15) is 0 Å². The van der Waals surface area contributed by atoms with Gasteiger partial charge in [0.15, 0.2) is 5.96 Å². The van der Waals surface area contributed by atoms with Crippen LogP contribution >= 0.6 is 0 Å². The number of hydrogen-bond donors (Lipinski definition) is 2. The fourth-order valence-electron chi connectivity index (χ4n) is 3.57.